The number of carboxylic acids is 1. The second kappa shape index (κ2) is 27.2. The molecule has 0 unspecified atom stereocenters. The summed E-state index contributed by atoms with van der Waals surface area (Å²) >= 11 is 0. The average Bonchev–Trinajstić information content (AvgIpc) is 3.23. The second-order valence-corrected chi connectivity index (χ2v) is 15.7. The topological polar surface area (TPSA) is 102 Å². The maximum atomic E-state index is 14.3. The molecule has 0 heterocycles. The zero-order valence-corrected chi connectivity index (χ0v) is 41.9. The van der Waals surface area contributed by atoms with Crippen molar-refractivity contribution in [2.45, 2.75) is 103 Å². The Morgan fingerprint density at radius 3 is 1.52 bits per heavy atom. The summed E-state index contributed by atoms with van der Waals surface area (Å²) in [5.41, 5.74) is -2.58. The van der Waals surface area contributed by atoms with Crippen LogP contribution < -0.4 is 65.6 Å². The third kappa shape index (κ3) is 17.6. The number of aliphatic carboxylic acids is 1. The predicted molar refractivity (Wildman–Crippen MR) is 231 cm³/mol. The fourth-order valence-electron chi connectivity index (χ4n) is 7.48. The monoisotopic (exact) mass is 1110 g/mol. The molecule has 2 aliphatic rings. The Morgan fingerprint density at radius 2 is 1.07 bits per heavy atom. The first-order valence-electron chi connectivity index (χ1n) is 20.7. The van der Waals surface area contributed by atoms with E-state index in [1.54, 1.807) is 0 Å². The Balaban J connectivity index is 0. The van der Waals surface area contributed by atoms with Gasteiger partial charge in [0.1, 0.15) is 28.6 Å². The molecule has 67 heavy (non-hydrogen) atoms. The van der Waals surface area contributed by atoms with Gasteiger partial charge in [0, 0.05) is 27.1 Å². The summed E-state index contributed by atoms with van der Waals surface area (Å²) in [6, 6.07) is 4.83. The predicted octanol–water partition coefficient (Wildman–Crippen LogP) is 11.9. The molecule has 0 amide bonds. The number of aromatic hydroxyl groups is 1. The molecule has 2 N–H and O–H groups in total. The standard InChI is InChI=1S/C23H22F6O3.C13H6F6O2.C10H18O2.HI.K.2H2.H/c1-2-3-13-4-6-14(7-5-13)22(30)31-15-8-9-17(18(24)10-15)23(28,29)32-16-11-19(25)21(27)20(26)12-16;14-8-5-7(20)1-2-11(8)21-13(18,19)6-3-9(15)12(17)10(16)4-6;1-2-3-8-4-6-9(7-5-8)10(11)12;;;;;/h8-14H,2-7H2,1H3;1-5,20H;8-9H,2-7H2,1H3,(H,11,12);1H;;2*1H;/q;;;;+1;;;-1. The van der Waals surface area contributed by atoms with Crippen LogP contribution in [-0.2, 0) is 21.8 Å². The van der Waals surface area contributed by atoms with E-state index in [-0.39, 0.29) is 121 Å². The van der Waals surface area contributed by atoms with Gasteiger partial charge in [-0.2, -0.15) is 17.6 Å². The van der Waals surface area contributed by atoms with Gasteiger partial charge in [-0.15, -0.1) is 24.0 Å². The van der Waals surface area contributed by atoms with E-state index in [0.29, 0.717) is 43.0 Å². The van der Waals surface area contributed by atoms with E-state index >= 15 is 0 Å². The van der Waals surface area contributed by atoms with Crippen molar-refractivity contribution in [3.63, 3.8) is 0 Å². The molecule has 2 saturated carbocycles. The van der Waals surface area contributed by atoms with Crippen LogP contribution in [0.2, 0.25) is 0 Å². The molecule has 0 bridgehead atoms. The van der Waals surface area contributed by atoms with Gasteiger partial charge in [0.25, 0.3) is 0 Å². The number of carbonyl (C=O) groups is 2. The second-order valence-electron chi connectivity index (χ2n) is 15.7. The van der Waals surface area contributed by atoms with Crippen LogP contribution in [-0.4, -0.2) is 22.2 Å². The largest absolute Gasteiger partial charge is 1.00 e. The number of carbonyl (C=O) groups excluding carboxylic acids is 1. The number of esters is 1. The van der Waals surface area contributed by atoms with Crippen LogP contribution >= 0.6 is 24.0 Å². The average molecular weight is 1110 g/mol. The number of carboxylic acid groups (broad SMARTS) is 1. The number of phenols is 1. The van der Waals surface area contributed by atoms with Gasteiger partial charge >= 0.3 is 75.5 Å². The summed E-state index contributed by atoms with van der Waals surface area (Å²) in [6.45, 7) is 4.30. The van der Waals surface area contributed by atoms with Gasteiger partial charge in [-0.05, 0) is 99.6 Å². The first-order chi connectivity index (χ1) is 30.5. The minimum Gasteiger partial charge on any atom is -1.00 e. The van der Waals surface area contributed by atoms with Crippen molar-refractivity contribution in [3.8, 4) is 23.0 Å². The number of phenolic OH excluding ortho intramolecular Hbond substituents is 1. The van der Waals surface area contributed by atoms with Crippen molar-refractivity contribution < 1.29 is 142 Å². The van der Waals surface area contributed by atoms with Crippen LogP contribution in [0.5, 0.6) is 23.0 Å². The van der Waals surface area contributed by atoms with Gasteiger partial charge in [-0.1, -0.05) is 39.5 Å². The normalized spacial score (nSPS) is 18.1. The van der Waals surface area contributed by atoms with E-state index in [2.05, 4.69) is 23.3 Å². The minimum atomic E-state index is -4.33. The number of alkyl halides is 4. The van der Waals surface area contributed by atoms with Crippen molar-refractivity contribution in [2.24, 2.45) is 23.7 Å². The molecule has 7 nitrogen and oxygen atoms in total. The van der Waals surface area contributed by atoms with Gasteiger partial charge < -0.3 is 25.9 Å². The van der Waals surface area contributed by atoms with Crippen molar-refractivity contribution in [1.29, 1.82) is 0 Å². The van der Waals surface area contributed by atoms with Gasteiger partial charge in [-0.25, -0.2) is 35.1 Å². The first-order valence-corrected chi connectivity index (χ1v) is 20.7. The third-order valence-corrected chi connectivity index (χ3v) is 10.9. The Kier molecular flexibility index (Phi) is 24.3. The number of rotatable bonds is 13. The molecule has 4 aromatic rings. The van der Waals surface area contributed by atoms with E-state index in [9.17, 15) is 62.3 Å². The molecule has 2 aliphatic carbocycles. The Morgan fingerprint density at radius 1 is 0.612 bits per heavy atom. The van der Waals surface area contributed by atoms with Crippen molar-refractivity contribution in [1.82, 2.24) is 0 Å². The van der Waals surface area contributed by atoms with Crippen LogP contribution in [0.15, 0.2) is 60.7 Å². The summed E-state index contributed by atoms with van der Waals surface area (Å²) < 4.78 is 175. The summed E-state index contributed by atoms with van der Waals surface area (Å²) in [5, 5.41) is 17.7. The minimum absolute atomic E-state index is 0. The number of ether oxygens (including phenoxy) is 3. The van der Waals surface area contributed by atoms with Crippen LogP contribution in [0.1, 0.15) is 106 Å². The van der Waals surface area contributed by atoms with E-state index in [1.807, 2.05) is 0 Å². The first kappa shape index (κ1) is 59.9. The Bertz CT molecular complexity index is 2230. The van der Waals surface area contributed by atoms with Crippen molar-refractivity contribution >= 4 is 35.9 Å². The number of halogens is 13. The van der Waals surface area contributed by atoms with Gasteiger partial charge in [0.05, 0.1) is 17.4 Å². The summed E-state index contributed by atoms with van der Waals surface area (Å²) in [5.74, 6) is -16.5. The number of benzene rings is 4. The van der Waals surface area contributed by atoms with Gasteiger partial charge in [0.15, 0.2) is 46.5 Å². The molecule has 370 valence electrons. The van der Waals surface area contributed by atoms with Crippen LogP contribution in [0.3, 0.4) is 0 Å². The zero-order chi connectivity index (χ0) is 48.2. The maximum Gasteiger partial charge on any atom is 1.00 e. The van der Waals surface area contributed by atoms with Crippen molar-refractivity contribution in [3.05, 3.63) is 118 Å². The van der Waals surface area contributed by atoms with Gasteiger partial charge in [0.2, 0.25) is 0 Å². The van der Waals surface area contributed by atoms with E-state index in [1.165, 1.54) is 12.8 Å². The van der Waals surface area contributed by atoms with Crippen LogP contribution in [0, 0.1) is 70.2 Å². The molecular weight excluding hydrogens is 1060 g/mol. The van der Waals surface area contributed by atoms with Crippen LogP contribution in [0.25, 0.3) is 0 Å². The molecule has 0 atom stereocenters. The fraction of sp³-hybridized carbons (Fsp3) is 0.435. The number of hydrogen-bond donors (Lipinski definition) is 2. The molecule has 0 aromatic heterocycles. The van der Waals surface area contributed by atoms with E-state index in [4.69, 9.17) is 14.9 Å². The molecule has 0 radical (unpaired) electrons. The molecule has 6 rings (SSSR count). The van der Waals surface area contributed by atoms with Gasteiger partial charge in [-0.3, -0.25) is 9.59 Å². The molecule has 4 aromatic carbocycles. The fourth-order valence-corrected chi connectivity index (χ4v) is 7.48. The summed E-state index contributed by atoms with van der Waals surface area (Å²) in [7, 11) is 0. The van der Waals surface area contributed by atoms with E-state index in [0.717, 1.165) is 69.4 Å². The quantitative estimate of drug-likeness (QED) is 0.0343. The number of hydrogen-bond acceptors (Lipinski definition) is 6. The molecular formula is C46H52F12IKO7. The molecule has 0 spiro atoms. The molecule has 2 fully saturated rings. The van der Waals surface area contributed by atoms with E-state index < -0.39 is 99.1 Å². The maximum absolute atomic E-state index is 14.3. The summed E-state index contributed by atoms with van der Waals surface area (Å²) in [4.78, 5) is 23.0. The third-order valence-electron chi connectivity index (χ3n) is 10.9. The molecule has 0 aliphatic heterocycles. The SMILES string of the molecule is CCCC1CCC(C(=O)O)CC1.CCCC1CCC(C(=O)Oc2ccc(C(F)(F)Oc3cc(F)c(F)c(F)c3)c(F)c2)CC1.I.Oc1ccc(OC(F)(F)c2cc(F)c(F)c(F)c2)c(F)c1.[H-].[HH].[HH].[K+]. The Labute approximate surface area is 442 Å². The molecule has 21 heteroatoms. The summed E-state index contributed by atoms with van der Waals surface area (Å²) in [6.07, 6.45) is 3.22. The zero-order valence-electron chi connectivity index (χ0n) is 37.4. The molecule has 0 saturated heterocycles. The van der Waals surface area contributed by atoms with Crippen molar-refractivity contribution in [2.75, 3.05) is 0 Å². The smallest absolute Gasteiger partial charge is 1.00 e. The van der Waals surface area contributed by atoms with Crippen LogP contribution in [0.4, 0.5) is 52.7 Å². The Hall–Kier alpha value is -3.25.